The van der Waals surface area contributed by atoms with Gasteiger partial charge in [-0.2, -0.15) is 0 Å². The SMILES string of the molecule is CCOC(=O)c1nnn(Cc2cccs2)c1C(C)(C)C. The molecule has 108 valence electrons. The number of carbonyl (C=O) groups excluding carboxylic acids is 1. The van der Waals surface area contributed by atoms with Crippen molar-refractivity contribution < 1.29 is 9.53 Å². The van der Waals surface area contributed by atoms with Crippen LogP contribution in [-0.4, -0.2) is 27.6 Å². The molecule has 0 amide bonds. The lowest BCUT2D eigenvalue weighted by Crippen LogP contribution is -2.22. The van der Waals surface area contributed by atoms with Crippen LogP contribution in [0, 0.1) is 0 Å². The molecule has 0 unspecified atom stereocenters. The summed E-state index contributed by atoms with van der Waals surface area (Å²) in [5.41, 5.74) is 0.892. The largest absolute Gasteiger partial charge is 0.461 e. The van der Waals surface area contributed by atoms with Crippen LogP contribution in [0.15, 0.2) is 17.5 Å². The van der Waals surface area contributed by atoms with Crippen molar-refractivity contribution in [1.82, 2.24) is 15.0 Å². The predicted octanol–water partition coefficient (Wildman–Crippen LogP) is 2.86. The number of esters is 1. The Hall–Kier alpha value is -1.69. The molecule has 0 atom stereocenters. The molecule has 0 saturated heterocycles. The van der Waals surface area contributed by atoms with Gasteiger partial charge in [0.25, 0.3) is 0 Å². The van der Waals surface area contributed by atoms with Crippen LogP contribution in [0.1, 0.15) is 48.8 Å². The van der Waals surface area contributed by atoms with E-state index >= 15 is 0 Å². The van der Waals surface area contributed by atoms with Crippen LogP contribution in [0.3, 0.4) is 0 Å². The molecule has 0 N–H and O–H groups in total. The maximum Gasteiger partial charge on any atom is 0.360 e. The minimum atomic E-state index is -0.408. The van der Waals surface area contributed by atoms with Crippen molar-refractivity contribution in [3.05, 3.63) is 33.8 Å². The van der Waals surface area contributed by atoms with Gasteiger partial charge in [0, 0.05) is 10.3 Å². The fourth-order valence-corrected chi connectivity index (χ4v) is 2.74. The zero-order valence-electron chi connectivity index (χ0n) is 12.2. The van der Waals surface area contributed by atoms with Crippen LogP contribution < -0.4 is 0 Å². The van der Waals surface area contributed by atoms with E-state index in [1.807, 2.05) is 38.3 Å². The van der Waals surface area contributed by atoms with Crippen LogP contribution in [0.5, 0.6) is 0 Å². The summed E-state index contributed by atoms with van der Waals surface area (Å²) >= 11 is 1.66. The lowest BCUT2D eigenvalue weighted by molar-refractivity contribution is 0.0516. The second kappa shape index (κ2) is 5.75. The Morgan fingerprint density at radius 1 is 1.45 bits per heavy atom. The number of hydrogen-bond acceptors (Lipinski definition) is 5. The number of carbonyl (C=O) groups is 1. The van der Waals surface area contributed by atoms with Gasteiger partial charge in [-0.3, -0.25) is 0 Å². The molecule has 0 bridgehead atoms. The average Bonchev–Trinajstić information content (AvgIpc) is 2.98. The second-order valence-electron chi connectivity index (χ2n) is 5.49. The van der Waals surface area contributed by atoms with Crippen molar-refractivity contribution in [2.24, 2.45) is 0 Å². The molecular formula is C14H19N3O2S. The number of rotatable bonds is 4. The highest BCUT2D eigenvalue weighted by Gasteiger charge is 2.29. The summed E-state index contributed by atoms with van der Waals surface area (Å²) in [6.45, 7) is 8.86. The zero-order valence-corrected chi connectivity index (χ0v) is 13.0. The molecule has 2 aromatic rings. The van der Waals surface area contributed by atoms with E-state index in [-0.39, 0.29) is 5.41 Å². The van der Waals surface area contributed by atoms with E-state index in [4.69, 9.17) is 4.74 Å². The summed E-state index contributed by atoms with van der Waals surface area (Å²) in [5.74, 6) is -0.408. The average molecular weight is 293 g/mol. The van der Waals surface area contributed by atoms with Gasteiger partial charge >= 0.3 is 5.97 Å². The van der Waals surface area contributed by atoms with Crippen LogP contribution >= 0.6 is 11.3 Å². The number of hydrogen-bond donors (Lipinski definition) is 0. The van der Waals surface area contributed by atoms with Crippen molar-refractivity contribution in [1.29, 1.82) is 0 Å². The highest BCUT2D eigenvalue weighted by Crippen LogP contribution is 2.26. The molecule has 0 radical (unpaired) electrons. The topological polar surface area (TPSA) is 57.0 Å². The highest BCUT2D eigenvalue weighted by molar-refractivity contribution is 7.09. The number of nitrogens with zero attached hydrogens (tertiary/aromatic N) is 3. The smallest absolute Gasteiger partial charge is 0.360 e. The monoisotopic (exact) mass is 293 g/mol. The van der Waals surface area contributed by atoms with Gasteiger partial charge in [0.15, 0.2) is 5.69 Å². The molecule has 6 heteroatoms. The Morgan fingerprint density at radius 3 is 2.75 bits per heavy atom. The van der Waals surface area contributed by atoms with E-state index in [0.29, 0.717) is 18.8 Å². The van der Waals surface area contributed by atoms with E-state index in [9.17, 15) is 4.79 Å². The van der Waals surface area contributed by atoms with E-state index in [2.05, 4.69) is 10.3 Å². The summed E-state index contributed by atoms with van der Waals surface area (Å²) in [7, 11) is 0. The minimum Gasteiger partial charge on any atom is -0.461 e. The van der Waals surface area contributed by atoms with Crippen molar-refractivity contribution in [3.8, 4) is 0 Å². The summed E-state index contributed by atoms with van der Waals surface area (Å²) in [4.78, 5) is 13.2. The first-order chi connectivity index (χ1) is 9.43. The van der Waals surface area contributed by atoms with Gasteiger partial charge in [-0.05, 0) is 18.4 Å². The minimum absolute atomic E-state index is 0.233. The van der Waals surface area contributed by atoms with E-state index in [1.54, 1.807) is 22.9 Å². The molecule has 2 aromatic heterocycles. The second-order valence-corrected chi connectivity index (χ2v) is 6.53. The standard InChI is InChI=1S/C14H19N3O2S/c1-5-19-13(18)11-12(14(2,3)4)17(16-15-11)9-10-7-6-8-20-10/h6-8H,5,9H2,1-4H3. The van der Waals surface area contributed by atoms with Gasteiger partial charge in [0.1, 0.15) is 0 Å². The Bertz CT molecular complexity index is 582. The summed E-state index contributed by atoms with van der Waals surface area (Å²) in [5, 5.41) is 10.2. The third-order valence-corrected chi connectivity index (χ3v) is 3.66. The van der Waals surface area contributed by atoms with Crippen molar-refractivity contribution in [3.63, 3.8) is 0 Å². The number of thiophene rings is 1. The van der Waals surface area contributed by atoms with Crippen LogP contribution in [0.2, 0.25) is 0 Å². The van der Waals surface area contributed by atoms with E-state index in [1.165, 1.54) is 4.88 Å². The van der Waals surface area contributed by atoms with Gasteiger partial charge in [-0.25, -0.2) is 9.48 Å². The Morgan fingerprint density at radius 2 is 2.20 bits per heavy atom. The zero-order chi connectivity index (χ0) is 14.8. The summed E-state index contributed by atoms with van der Waals surface area (Å²) in [6.07, 6.45) is 0. The van der Waals surface area contributed by atoms with Gasteiger partial charge < -0.3 is 4.74 Å². The maximum absolute atomic E-state index is 12.0. The Labute approximate surface area is 122 Å². The third kappa shape index (κ3) is 3.07. The van der Waals surface area contributed by atoms with Crippen LogP contribution in [0.25, 0.3) is 0 Å². The lowest BCUT2D eigenvalue weighted by atomic mass is 9.90. The fourth-order valence-electron chi connectivity index (χ4n) is 2.05. The number of ether oxygens (including phenoxy) is 1. The molecule has 0 aromatic carbocycles. The molecule has 5 nitrogen and oxygen atoms in total. The normalized spacial score (nSPS) is 11.6. The van der Waals surface area contributed by atoms with E-state index in [0.717, 1.165) is 5.69 Å². The quantitative estimate of drug-likeness (QED) is 0.813. The first-order valence-corrected chi connectivity index (χ1v) is 7.45. The van der Waals surface area contributed by atoms with Gasteiger partial charge in [0.05, 0.1) is 18.8 Å². The molecule has 0 saturated carbocycles. The van der Waals surface area contributed by atoms with E-state index < -0.39 is 5.97 Å². The molecule has 0 aliphatic heterocycles. The Balaban J connectivity index is 2.40. The van der Waals surface area contributed by atoms with Gasteiger partial charge in [0.2, 0.25) is 0 Å². The molecular weight excluding hydrogens is 274 g/mol. The summed E-state index contributed by atoms with van der Waals surface area (Å²) in [6, 6.07) is 4.04. The predicted molar refractivity (Wildman–Crippen MR) is 78.1 cm³/mol. The van der Waals surface area contributed by atoms with Crippen molar-refractivity contribution in [2.45, 2.75) is 39.7 Å². The number of aromatic nitrogens is 3. The molecule has 0 fully saturated rings. The lowest BCUT2D eigenvalue weighted by Gasteiger charge is -2.20. The van der Waals surface area contributed by atoms with Crippen LogP contribution in [0.4, 0.5) is 0 Å². The molecule has 0 aliphatic carbocycles. The van der Waals surface area contributed by atoms with Gasteiger partial charge in [-0.1, -0.05) is 32.1 Å². The third-order valence-electron chi connectivity index (χ3n) is 2.80. The molecule has 0 spiro atoms. The first kappa shape index (κ1) is 14.7. The molecule has 2 heterocycles. The molecule has 0 aliphatic rings. The molecule has 20 heavy (non-hydrogen) atoms. The molecule has 2 rings (SSSR count). The maximum atomic E-state index is 12.0. The first-order valence-electron chi connectivity index (χ1n) is 6.57. The fraction of sp³-hybridized carbons (Fsp3) is 0.500. The summed E-state index contributed by atoms with van der Waals surface area (Å²) < 4.78 is 6.85. The Kier molecular flexibility index (Phi) is 4.23. The highest BCUT2D eigenvalue weighted by atomic mass is 32.1. The van der Waals surface area contributed by atoms with Gasteiger partial charge in [-0.15, -0.1) is 16.4 Å². The van der Waals surface area contributed by atoms with Crippen molar-refractivity contribution >= 4 is 17.3 Å². The van der Waals surface area contributed by atoms with Crippen LogP contribution in [-0.2, 0) is 16.7 Å². The van der Waals surface area contributed by atoms with Crippen molar-refractivity contribution in [2.75, 3.05) is 6.61 Å².